The van der Waals surface area contributed by atoms with E-state index < -0.39 is 0 Å². The second kappa shape index (κ2) is 4.94. The summed E-state index contributed by atoms with van der Waals surface area (Å²) in [7, 11) is 0. The average Bonchev–Trinajstić information content (AvgIpc) is 2.73. The van der Waals surface area contributed by atoms with Crippen LogP contribution >= 0.6 is 15.9 Å². The van der Waals surface area contributed by atoms with Crippen molar-refractivity contribution in [2.24, 2.45) is 5.92 Å². The zero-order valence-electron chi connectivity index (χ0n) is 8.79. The van der Waals surface area contributed by atoms with E-state index in [0.717, 1.165) is 29.7 Å². The molecule has 0 aliphatic carbocycles. The molecule has 0 radical (unpaired) electrons. The number of pyridine rings is 1. The molecule has 0 aromatic carbocycles. The smallest absolute Gasteiger partial charge is 0.228 e. The number of halogens is 1. The van der Waals surface area contributed by atoms with Crippen LogP contribution in [-0.4, -0.2) is 24.7 Å². The van der Waals surface area contributed by atoms with E-state index in [9.17, 15) is 0 Å². The van der Waals surface area contributed by atoms with E-state index in [0.29, 0.717) is 11.8 Å². The maximum absolute atomic E-state index is 5.70. The second-order valence-corrected chi connectivity index (χ2v) is 4.71. The van der Waals surface area contributed by atoms with Gasteiger partial charge in [0.25, 0.3) is 0 Å². The Kier molecular flexibility index (Phi) is 3.59. The lowest BCUT2D eigenvalue weighted by Gasteiger charge is -2.11. The van der Waals surface area contributed by atoms with Crippen LogP contribution in [0.3, 0.4) is 0 Å². The van der Waals surface area contributed by atoms with Crippen molar-refractivity contribution in [2.45, 2.75) is 13.3 Å². The standard InChI is InChI=1S/C11H15BrN2O/c1-8-2-5-14-11(10(8)12)15-7-9-3-4-13-6-9/h2,5,9,13H,3-4,6-7H2,1H3. The van der Waals surface area contributed by atoms with Crippen LogP contribution in [0.1, 0.15) is 12.0 Å². The Bertz CT molecular complexity index is 337. The number of aromatic nitrogens is 1. The van der Waals surface area contributed by atoms with E-state index in [1.807, 2.05) is 13.0 Å². The maximum atomic E-state index is 5.70. The van der Waals surface area contributed by atoms with Crippen molar-refractivity contribution in [1.29, 1.82) is 0 Å². The molecule has 0 bridgehead atoms. The van der Waals surface area contributed by atoms with E-state index in [1.54, 1.807) is 6.20 Å². The summed E-state index contributed by atoms with van der Waals surface area (Å²) in [5.41, 5.74) is 1.16. The van der Waals surface area contributed by atoms with Gasteiger partial charge in [0.1, 0.15) is 0 Å². The predicted molar refractivity (Wildman–Crippen MR) is 63.1 cm³/mol. The highest BCUT2D eigenvalue weighted by molar-refractivity contribution is 9.10. The van der Waals surface area contributed by atoms with Gasteiger partial charge in [0.05, 0.1) is 11.1 Å². The Morgan fingerprint density at radius 3 is 3.27 bits per heavy atom. The third kappa shape index (κ3) is 2.69. The molecular weight excluding hydrogens is 256 g/mol. The van der Waals surface area contributed by atoms with E-state index in [2.05, 4.69) is 26.2 Å². The minimum absolute atomic E-state index is 0.624. The summed E-state index contributed by atoms with van der Waals surface area (Å²) in [4.78, 5) is 4.21. The minimum atomic E-state index is 0.624. The number of aryl methyl sites for hydroxylation is 1. The first-order valence-electron chi connectivity index (χ1n) is 5.22. The van der Waals surface area contributed by atoms with Gasteiger partial charge in [-0.25, -0.2) is 4.98 Å². The van der Waals surface area contributed by atoms with E-state index >= 15 is 0 Å². The predicted octanol–water partition coefficient (Wildman–Crippen LogP) is 2.14. The average molecular weight is 271 g/mol. The van der Waals surface area contributed by atoms with Gasteiger partial charge in [-0.2, -0.15) is 0 Å². The van der Waals surface area contributed by atoms with Gasteiger partial charge in [0.15, 0.2) is 0 Å². The first-order chi connectivity index (χ1) is 7.27. The van der Waals surface area contributed by atoms with Crippen LogP contribution < -0.4 is 10.1 Å². The molecule has 1 N–H and O–H groups in total. The molecule has 1 aromatic rings. The molecule has 1 aromatic heterocycles. The van der Waals surface area contributed by atoms with Gasteiger partial charge in [-0.3, -0.25) is 0 Å². The molecule has 2 rings (SSSR count). The number of ether oxygens (including phenoxy) is 1. The number of rotatable bonds is 3. The van der Waals surface area contributed by atoms with Crippen LogP contribution in [-0.2, 0) is 0 Å². The van der Waals surface area contributed by atoms with Crippen molar-refractivity contribution in [3.63, 3.8) is 0 Å². The quantitative estimate of drug-likeness (QED) is 0.914. The van der Waals surface area contributed by atoms with Crippen molar-refractivity contribution in [3.8, 4) is 5.88 Å². The summed E-state index contributed by atoms with van der Waals surface area (Å²) >= 11 is 3.49. The fraction of sp³-hybridized carbons (Fsp3) is 0.545. The molecule has 2 heterocycles. The second-order valence-electron chi connectivity index (χ2n) is 3.92. The van der Waals surface area contributed by atoms with Crippen LogP contribution in [0.25, 0.3) is 0 Å². The van der Waals surface area contributed by atoms with Crippen LogP contribution in [0.4, 0.5) is 0 Å². The summed E-state index contributed by atoms with van der Waals surface area (Å²) in [6.07, 6.45) is 2.98. The van der Waals surface area contributed by atoms with Crippen molar-refractivity contribution in [2.75, 3.05) is 19.7 Å². The Hall–Kier alpha value is -0.610. The van der Waals surface area contributed by atoms with Crippen LogP contribution in [0.2, 0.25) is 0 Å². The third-order valence-corrected chi connectivity index (χ3v) is 3.63. The highest BCUT2D eigenvalue weighted by Crippen LogP contribution is 2.26. The molecule has 3 nitrogen and oxygen atoms in total. The molecular formula is C11H15BrN2O. The molecule has 1 aliphatic heterocycles. The molecule has 1 atom stereocenters. The summed E-state index contributed by atoms with van der Waals surface area (Å²) in [6.45, 7) is 4.96. The SMILES string of the molecule is Cc1ccnc(OCC2CCNC2)c1Br. The van der Waals surface area contributed by atoms with E-state index in [-0.39, 0.29) is 0 Å². The number of nitrogens with zero attached hydrogens (tertiary/aromatic N) is 1. The Morgan fingerprint density at radius 2 is 2.53 bits per heavy atom. The zero-order chi connectivity index (χ0) is 10.7. The first-order valence-corrected chi connectivity index (χ1v) is 6.01. The monoisotopic (exact) mass is 270 g/mol. The van der Waals surface area contributed by atoms with Gasteiger partial charge < -0.3 is 10.1 Å². The van der Waals surface area contributed by atoms with E-state index in [4.69, 9.17) is 4.74 Å². The molecule has 0 amide bonds. The number of hydrogen-bond donors (Lipinski definition) is 1. The molecule has 0 spiro atoms. The summed E-state index contributed by atoms with van der Waals surface area (Å²) in [5.74, 6) is 1.33. The highest BCUT2D eigenvalue weighted by Gasteiger charge is 2.16. The lowest BCUT2D eigenvalue weighted by atomic mass is 10.1. The molecule has 1 saturated heterocycles. The Labute approximate surface area is 98.4 Å². The summed E-state index contributed by atoms with van der Waals surface area (Å²) < 4.78 is 6.67. The lowest BCUT2D eigenvalue weighted by molar-refractivity contribution is 0.249. The number of nitrogens with one attached hydrogen (secondary N) is 1. The molecule has 4 heteroatoms. The molecule has 1 fully saturated rings. The fourth-order valence-corrected chi connectivity index (χ4v) is 2.02. The topological polar surface area (TPSA) is 34.1 Å². The Morgan fingerprint density at radius 1 is 1.67 bits per heavy atom. The van der Waals surface area contributed by atoms with Gasteiger partial charge in [-0.05, 0) is 47.4 Å². The fourth-order valence-electron chi connectivity index (χ4n) is 1.67. The van der Waals surface area contributed by atoms with Crippen LogP contribution in [0, 0.1) is 12.8 Å². The van der Waals surface area contributed by atoms with Gasteiger partial charge in [-0.1, -0.05) is 0 Å². The molecule has 1 unspecified atom stereocenters. The molecule has 0 saturated carbocycles. The maximum Gasteiger partial charge on any atom is 0.228 e. The molecule has 1 aliphatic rings. The Balaban J connectivity index is 1.95. The summed E-state index contributed by atoms with van der Waals surface area (Å²) in [5, 5.41) is 3.32. The van der Waals surface area contributed by atoms with E-state index in [1.165, 1.54) is 6.42 Å². The van der Waals surface area contributed by atoms with Crippen molar-refractivity contribution in [1.82, 2.24) is 10.3 Å². The van der Waals surface area contributed by atoms with Gasteiger partial charge in [-0.15, -0.1) is 0 Å². The van der Waals surface area contributed by atoms with Crippen molar-refractivity contribution < 1.29 is 4.74 Å². The van der Waals surface area contributed by atoms with Crippen molar-refractivity contribution >= 4 is 15.9 Å². The zero-order valence-corrected chi connectivity index (χ0v) is 10.4. The minimum Gasteiger partial charge on any atom is -0.477 e. The largest absolute Gasteiger partial charge is 0.477 e. The molecule has 15 heavy (non-hydrogen) atoms. The van der Waals surface area contributed by atoms with Crippen LogP contribution in [0.5, 0.6) is 5.88 Å². The van der Waals surface area contributed by atoms with Gasteiger partial charge in [0.2, 0.25) is 5.88 Å². The summed E-state index contributed by atoms with van der Waals surface area (Å²) in [6, 6.07) is 1.97. The normalized spacial score (nSPS) is 20.5. The highest BCUT2D eigenvalue weighted by atomic mass is 79.9. The van der Waals surface area contributed by atoms with Crippen LogP contribution in [0.15, 0.2) is 16.7 Å². The molecule has 82 valence electrons. The first kappa shape index (κ1) is 10.9. The lowest BCUT2D eigenvalue weighted by Crippen LogP contribution is -2.16. The third-order valence-electron chi connectivity index (χ3n) is 2.67. The van der Waals surface area contributed by atoms with Gasteiger partial charge >= 0.3 is 0 Å². The number of hydrogen-bond acceptors (Lipinski definition) is 3. The van der Waals surface area contributed by atoms with Gasteiger partial charge in [0, 0.05) is 18.7 Å². The van der Waals surface area contributed by atoms with Crippen molar-refractivity contribution in [3.05, 3.63) is 22.3 Å².